The lowest BCUT2D eigenvalue weighted by Crippen LogP contribution is -2.13. The van der Waals surface area contributed by atoms with Crippen molar-refractivity contribution in [3.8, 4) is 11.4 Å². The lowest BCUT2D eigenvalue weighted by Gasteiger charge is -2.05. The largest absolute Gasteiger partial charge is 0.508 e. The van der Waals surface area contributed by atoms with E-state index in [2.05, 4.69) is 15.6 Å². The zero-order valence-corrected chi connectivity index (χ0v) is 9.09. The van der Waals surface area contributed by atoms with Crippen LogP contribution in [0.5, 0.6) is 5.75 Å². The Kier molecular flexibility index (Phi) is 3.16. The van der Waals surface area contributed by atoms with E-state index in [1.807, 2.05) is 19.2 Å². The molecule has 0 bridgehead atoms. The molecule has 1 aromatic carbocycles. The Balaban J connectivity index is 2.26. The van der Waals surface area contributed by atoms with E-state index in [9.17, 15) is 5.11 Å². The van der Waals surface area contributed by atoms with E-state index in [0.29, 0.717) is 0 Å². The summed E-state index contributed by atoms with van der Waals surface area (Å²) in [6.45, 7) is 0.880. The van der Waals surface area contributed by atoms with Crippen molar-refractivity contribution in [3.63, 3.8) is 0 Å². The number of nitrogens with one attached hydrogen (secondary N) is 1. The number of nitrogens with zero attached hydrogens (tertiary/aromatic N) is 3. The first-order chi connectivity index (χ1) is 7.81. The predicted molar refractivity (Wildman–Crippen MR) is 60.7 cm³/mol. The molecule has 2 N–H and O–H groups in total. The van der Waals surface area contributed by atoms with Gasteiger partial charge in [-0.2, -0.15) is 0 Å². The van der Waals surface area contributed by atoms with Gasteiger partial charge in [-0.05, 0) is 31.3 Å². The van der Waals surface area contributed by atoms with E-state index >= 15 is 0 Å². The second kappa shape index (κ2) is 4.76. The SMILES string of the molecule is CNCCc1cnnn1-c1ccc(O)cc1. The van der Waals surface area contributed by atoms with Crippen LogP contribution in [-0.2, 0) is 6.42 Å². The van der Waals surface area contributed by atoms with E-state index in [-0.39, 0.29) is 5.75 Å². The van der Waals surface area contributed by atoms with Crippen molar-refractivity contribution in [2.75, 3.05) is 13.6 Å². The van der Waals surface area contributed by atoms with Gasteiger partial charge in [0.05, 0.1) is 17.6 Å². The molecule has 16 heavy (non-hydrogen) atoms. The summed E-state index contributed by atoms with van der Waals surface area (Å²) in [6.07, 6.45) is 2.62. The van der Waals surface area contributed by atoms with Crippen LogP contribution in [0.3, 0.4) is 0 Å². The van der Waals surface area contributed by atoms with Crippen LogP contribution in [0.2, 0.25) is 0 Å². The molecule has 84 valence electrons. The minimum atomic E-state index is 0.251. The maximum absolute atomic E-state index is 9.21. The first kappa shape index (κ1) is 10.6. The number of benzene rings is 1. The summed E-state index contributed by atoms with van der Waals surface area (Å²) >= 11 is 0. The molecule has 0 atom stereocenters. The van der Waals surface area contributed by atoms with Crippen LogP contribution in [0.15, 0.2) is 30.5 Å². The quantitative estimate of drug-likeness (QED) is 0.794. The Morgan fingerprint density at radius 3 is 2.75 bits per heavy atom. The third-order valence-corrected chi connectivity index (χ3v) is 2.35. The van der Waals surface area contributed by atoms with E-state index in [1.54, 1.807) is 23.0 Å². The van der Waals surface area contributed by atoms with Gasteiger partial charge in [-0.25, -0.2) is 4.68 Å². The maximum Gasteiger partial charge on any atom is 0.115 e. The first-order valence-electron chi connectivity index (χ1n) is 5.15. The molecule has 0 aliphatic carbocycles. The molecule has 0 spiro atoms. The van der Waals surface area contributed by atoms with Crippen LogP contribution in [-0.4, -0.2) is 33.7 Å². The molecule has 0 saturated carbocycles. The Morgan fingerprint density at radius 1 is 1.31 bits per heavy atom. The van der Waals surface area contributed by atoms with Crippen LogP contribution in [0.4, 0.5) is 0 Å². The van der Waals surface area contributed by atoms with Crippen molar-refractivity contribution >= 4 is 0 Å². The monoisotopic (exact) mass is 218 g/mol. The topological polar surface area (TPSA) is 63.0 Å². The minimum Gasteiger partial charge on any atom is -0.508 e. The van der Waals surface area contributed by atoms with Crippen LogP contribution >= 0.6 is 0 Å². The van der Waals surface area contributed by atoms with Gasteiger partial charge in [0.25, 0.3) is 0 Å². The lowest BCUT2D eigenvalue weighted by molar-refractivity contribution is 0.475. The van der Waals surface area contributed by atoms with Gasteiger partial charge < -0.3 is 10.4 Å². The number of aromatic hydroxyl groups is 1. The number of rotatable bonds is 4. The van der Waals surface area contributed by atoms with Crippen molar-refractivity contribution in [1.29, 1.82) is 0 Å². The molecule has 2 aromatic rings. The van der Waals surface area contributed by atoms with Crippen molar-refractivity contribution in [2.24, 2.45) is 0 Å². The summed E-state index contributed by atoms with van der Waals surface area (Å²) in [5.74, 6) is 0.251. The average molecular weight is 218 g/mol. The van der Waals surface area contributed by atoms with Gasteiger partial charge in [-0.1, -0.05) is 5.21 Å². The molecule has 0 aliphatic heterocycles. The molecular weight excluding hydrogens is 204 g/mol. The molecular formula is C11H14N4O. The van der Waals surface area contributed by atoms with E-state index in [4.69, 9.17) is 0 Å². The summed E-state index contributed by atoms with van der Waals surface area (Å²) in [4.78, 5) is 0. The summed E-state index contributed by atoms with van der Waals surface area (Å²) in [5.41, 5.74) is 1.95. The molecule has 1 heterocycles. The van der Waals surface area contributed by atoms with E-state index in [0.717, 1.165) is 24.3 Å². The number of hydrogen-bond donors (Lipinski definition) is 2. The average Bonchev–Trinajstić information content (AvgIpc) is 2.75. The zero-order valence-electron chi connectivity index (χ0n) is 9.09. The van der Waals surface area contributed by atoms with Crippen molar-refractivity contribution in [1.82, 2.24) is 20.3 Å². The van der Waals surface area contributed by atoms with E-state index < -0.39 is 0 Å². The molecule has 0 fully saturated rings. The van der Waals surface area contributed by atoms with Gasteiger partial charge in [-0.3, -0.25) is 0 Å². The van der Waals surface area contributed by atoms with Crippen molar-refractivity contribution in [2.45, 2.75) is 6.42 Å². The van der Waals surface area contributed by atoms with Gasteiger partial charge in [0.1, 0.15) is 5.75 Å². The Bertz CT molecular complexity index is 449. The number of phenols is 1. The molecule has 5 nitrogen and oxygen atoms in total. The maximum atomic E-state index is 9.21. The molecule has 0 unspecified atom stereocenters. The van der Waals surface area contributed by atoms with Gasteiger partial charge in [0, 0.05) is 13.0 Å². The summed E-state index contributed by atoms with van der Waals surface area (Å²) in [7, 11) is 1.91. The first-order valence-corrected chi connectivity index (χ1v) is 5.15. The smallest absolute Gasteiger partial charge is 0.115 e. The summed E-state index contributed by atoms with van der Waals surface area (Å²) in [5, 5.41) is 20.2. The lowest BCUT2D eigenvalue weighted by atomic mass is 10.2. The standard InChI is InChI=1S/C11H14N4O/c1-12-7-6-10-8-13-14-15(10)9-2-4-11(16)5-3-9/h2-5,8,12,16H,6-7H2,1H3. The molecule has 0 radical (unpaired) electrons. The Labute approximate surface area is 93.7 Å². The fraction of sp³-hybridized carbons (Fsp3) is 0.273. The number of likely N-dealkylation sites (N-methyl/N-ethyl adjacent to an activating group) is 1. The number of phenolic OH excluding ortho intramolecular Hbond substituents is 1. The normalized spacial score (nSPS) is 10.6. The molecule has 0 aliphatic rings. The molecule has 0 saturated heterocycles. The van der Waals surface area contributed by atoms with Gasteiger partial charge in [-0.15, -0.1) is 5.10 Å². The summed E-state index contributed by atoms with van der Waals surface area (Å²) in [6, 6.07) is 6.90. The van der Waals surface area contributed by atoms with Crippen LogP contribution in [0, 0.1) is 0 Å². The van der Waals surface area contributed by atoms with Crippen LogP contribution < -0.4 is 5.32 Å². The van der Waals surface area contributed by atoms with Gasteiger partial charge in [0.2, 0.25) is 0 Å². The van der Waals surface area contributed by atoms with E-state index in [1.165, 1.54) is 0 Å². The Morgan fingerprint density at radius 2 is 2.06 bits per heavy atom. The third kappa shape index (κ3) is 2.20. The molecule has 5 heteroatoms. The van der Waals surface area contributed by atoms with Crippen LogP contribution in [0.25, 0.3) is 5.69 Å². The second-order valence-electron chi connectivity index (χ2n) is 3.51. The number of aromatic nitrogens is 3. The van der Waals surface area contributed by atoms with Crippen molar-refractivity contribution in [3.05, 3.63) is 36.2 Å². The highest BCUT2D eigenvalue weighted by Crippen LogP contribution is 2.14. The summed E-state index contributed by atoms with van der Waals surface area (Å²) < 4.78 is 1.77. The van der Waals surface area contributed by atoms with Crippen LogP contribution in [0.1, 0.15) is 5.69 Å². The highest BCUT2D eigenvalue weighted by atomic mass is 16.3. The molecule has 0 amide bonds. The highest BCUT2D eigenvalue weighted by molar-refractivity contribution is 5.36. The zero-order chi connectivity index (χ0) is 11.4. The van der Waals surface area contributed by atoms with Crippen molar-refractivity contribution < 1.29 is 5.11 Å². The third-order valence-electron chi connectivity index (χ3n) is 2.35. The Hall–Kier alpha value is -1.88. The predicted octanol–water partition coefficient (Wildman–Crippen LogP) is 0.735. The van der Waals surface area contributed by atoms with Gasteiger partial charge >= 0.3 is 0 Å². The fourth-order valence-electron chi connectivity index (χ4n) is 1.49. The number of hydrogen-bond acceptors (Lipinski definition) is 4. The highest BCUT2D eigenvalue weighted by Gasteiger charge is 2.05. The fourth-order valence-corrected chi connectivity index (χ4v) is 1.49. The second-order valence-corrected chi connectivity index (χ2v) is 3.51. The molecule has 1 aromatic heterocycles. The van der Waals surface area contributed by atoms with Gasteiger partial charge in [0.15, 0.2) is 0 Å². The molecule has 2 rings (SSSR count). The minimum absolute atomic E-state index is 0.251.